The van der Waals surface area contributed by atoms with Gasteiger partial charge >= 0.3 is 6.01 Å². The van der Waals surface area contributed by atoms with E-state index >= 15 is 0 Å². The Morgan fingerprint density at radius 1 is 1.35 bits per heavy atom. The van der Waals surface area contributed by atoms with Crippen LogP contribution in [0.2, 0.25) is 0 Å². The lowest BCUT2D eigenvalue weighted by Crippen LogP contribution is -2.12. The van der Waals surface area contributed by atoms with Gasteiger partial charge in [-0.05, 0) is 12.1 Å². The quantitative estimate of drug-likeness (QED) is 0.572. The van der Waals surface area contributed by atoms with Crippen molar-refractivity contribution in [3.05, 3.63) is 52.2 Å². The van der Waals surface area contributed by atoms with Gasteiger partial charge in [0.1, 0.15) is 5.69 Å². The molecule has 0 aliphatic rings. The molecule has 0 atom stereocenters. The summed E-state index contributed by atoms with van der Waals surface area (Å²) < 4.78 is 6.87. The lowest BCUT2D eigenvalue weighted by atomic mass is 10.2. The van der Waals surface area contributed by atoms with E-state index in [0.29, 0.717) is 5.69 Å². The van der Waals surface area contributed by atoms with Gasteiger partial charge in [0.2, 0.25) is 0 Å². The van der Waals surface area contributed by atoms with Gasteiger partial charge in [-0.1, -0.05) is 11.2 Å². The Morgan fingerprint density at radius 2 is 2.17 bits per heavy atom. The summed E-state index contributed by atoms with van der Waals surface area (Å²) in [5.41, 5.74) is 0.520. The highest BCUT2D eigenvalue weighted by Gasteiger charge is 2.16. The molecule has 23 heavy (non-hydrogen) atoms. The standard InChI is InChI=1S/C13H10N6O4/c1-18-10(5-6-14-18)12-16-17-13(23-12)15-11(20)8-3-2-4-9(7-8)19(21)22/h2-7H,1H3,(H,15,17,20). The number of non-ortho nitro benzene ring substituents is 1. The first-order chi connectivity index (χ1) is 11.0. The van der Waals surface area contributed by atoms with Crippen molar-refractivity contribution in [1.29, 1.82) is 0 Å². The Morgan fingerprint density at radius 3 is 2.87 bits per heavy atom. The Kier molecular flexibility index (Phi) is 3.55. The van der Waals surface area contributed by atoms with Crippen LogP contribution >= 0.6 is 0 Å². The minimum atomic E-state index is -0.589. The van der Waals surface area contributed by atoms with E-state index in [9.17, 15) is 14.9 Å². The highest BCUT2D eigenvalue weighted by molar-refractivity contribution is 6.03. The van der Waals surface area contributed by atoms with Crippen LogP contribution < -0.4 is 5.32 Å². The number of nitrogens with zero attached hydrogens (tertiary/aromatic N) is 5. The molecule has 0 radical (unpaired) electrons. The van der Waals surface area contributed by atoms with Crippen molar-refractivity contribution in [3.8, 4) is 11.6 Å². The molecule has 10 heteroatoms. The highest BCUT2D eigenvalue weighted by Crippen LogP contribution is 2.19. The molecule has 0 aliphatic carbocycles. The zero-order valence-corrected chi connectivity index (χ0v) is 11.8. The van der Waals surface area contributed by atoms with Crippen molar-refractivity contribution in [2.24, 2.45) is 7.05 Å². The number of benzene rings is 1. The van der Waals surface area contributed by atoms with Crippen LogP contribution in [-0.2, 0) is 7.05 Å². The van der Waals surface area contributed by atoms with Crippen molar-refractivity contribution in [3.63, 3.8) is 0 Å². The van der Waals surface area contributed by atoms with E-state index in [2.05, 4.69) is 20.6 Å². The van der Waals surface area contributed by atoms with Gasteiger partial charge in [0.25, 0.3) is 17.5 Å². The molecule has 0 aliphatic heterocycles. The van der Waals surface area contributed by atoms with Crippen LogP contribution in [0.4, 0.5) is 11.7 Å². The van der Waals surface area contributed by atoms with E-state index in [4.69, 9.17) is 4.42 Å². The largest absolute Gasteiger partial charge is 0.401 e. The number of anilines is 1. The summed E-state index contributed by atoms with van der Waals surface area (Å²) in [6.45, 7) is 0. The molecule has 0 saturated carbocycles. The molecule has 0 saturated heterocycles. The Bertz CT molecular complexity index is 884. The van der Waals surface area contributed by atoms with Crippen LogP contribution in [0.5, 0.6) is 0 Å². The summed E-state index contributed by atoms with van der Waals surface area (Å²) in [4.78, 5) is 22.2. The third-order valence-corrected chi connectivity index (χ3v) is 3.00. The maximum atomic E-state index is 12.1. The number of amides is 1. The minimum Gasteiger partial charge on any atom is -0.401 e. The summed E-state index contributed by atoms with van der Waals surface area (Å²) in [6, 6.07) is 6.89. The SMILES string of the molecule is Cn1nccc1-c1nnc(NC(=O)c2cccc([N+](=O)[O-])c2)o1. The number of hydrogen-bond acceptors (Lipinski definition) is 7. The molecular weight excluding hydrogens is 304 g/mol. The number of hydrogen-bond donors (Lipinski definition) is 1. The number of carbonyl (C=O) groups excluding carboxylic acids is 1. The fourth-order valence-corrected chi connectivity index (χ4v) is 1.89. The van der Waals surface area contributed by atoms with Crippen LogP contribution in [0.3, 0.4) is 0 Å². The van der Waals surface area contributed by atoms with Crippen LogP contribution in [-0.4, -0.2) is 30.8 Å². The number of nitro benzene ring substituents is 1. The number of nitro groups is 1. The second kappa shape index (κ2) is 5.67. The van der Waals surface area contributed by atoms with Gasteiger partial charge < -0.3 is 4.42 Å². The molecular formula is C13H10N6O4. The molecule has 0 bridgehead atoms. The molecule has 0 unspecified atom stereocenters. The second-order valence-corrected chi connectivity index (χ2v) is 4.51. The van der Waals surface area contributed by atoms with Crippen LogP contribution in [0.15, 0.2) is 40.9 Å². The summed E-state index contributed by atoms with van der Waals surface area (Å²) in [5, 5.41) is 24.6. The molecule has 2 heterocycles. The fraction of sp³-hybridized carbons (Fsp3) is 0.0769. The van der Waals surface area contributed by atoms with Gasteiger partial charge in [-0.25, -0.2) is 0 Å². The van der Waals surface area contributed by atoms with Gasteiger partial charge in [-0.3, -0.25) is 24.9 Å². The highest BCUT2D eigenvalue weighted by atomic mass is 16.6. The van der Waals surface area contributed by atoms with Crippen molar-refractivity contribution in [2.45, 2.75) is 0 Å². The molecule has 2 aromatic heterocycles. The molecule has 116 valence electrons. The predicted octanol–water partition coefficient (Wildman–Crippen LogP) is 1.63. The molecule has 3 rings (SSSR count). The van der Waals surface area contributed by atoms with E-state index < -0.39 is 10.8 Å². The van der Waals surface area contributed by atoms with Crippen molar-refractivity contribution >= 4 is 17.6 Å². The Labute approximate surface area is 128 Å². The van der Waals surface area contributed by atoms with E-state index in [1.165, 1.54) is 18.2 Å². The molecule has 0 fully saturated rings. The Balaban J connectivity index is 1.79. The zero-order chi connectivity index (χ0) is 16.4. The van der Waals surface area contributed by atoms with E-state index in [1.807, 2.05) is 0 Å². The topological polar surface area (TPSA) is 129 Å². The molecule has 1 aromatic carbocycles. The zero-order valence-electron chi connectivity index (χ0n) is 11.8. The van der Waals surface area contributed by atoms with E-state index in [0.717, 1.165) is 6.07 Å². The van der Waals surface area contributed by atoms with Gasteiger partial charge in [-0.2, -0.15) is 5.10 Å². The van der Waals surface area contributed by atoms with Crippen molar-refractivity contribution < 1.29 is 14.1 Å². The first-order valence-electron chi connectivity index (χ1n) is 6.42. The molecule has 3 aromatic rings. The number of aromatic nitrogens is 4. The lowest BCUT2D eigenvalue weighted by molar-refractivity contribution is -0.384. The number of nitrogens with one attached hydrogen (secondary N) is 1. The average Bonchev–Trinajstić information content (AvgIpc) is 3.16. The first-order valence-corrected chi connectivity index (χ1v) is 6.42. The van der Waals surface area contributed by atoms with E-state index in [1.54, 1.807) is 24.0 Å². The van der Waals surface area contributed by atoms with Gasteiger partial charge in [0, 0.05) is 30.9 Å². The second-order valence-electron chi connectivity index (χ2n) is 4.51. The average molecular weight is 314 g/mol. The summed E-state index contributed by atoms with van der Waals surface area (Å²) >= 11 is 0. The monoisotopic (exact) mass is 314 g/mol. The number of aryl methyl sites for hydroxylation is 1. The third-order valence-electron chi connectivity index (χ3n) is 3.00. The summed E-state index contributed by atoms with van der Waals surface area (Å²) in [5.74, 6) is -0.395. The fourth-order valence-electron chi connectivity index (χ4n) is 1.89. The molecule has 1 N–H and O–H groups in total. The van der Waals surface area contributed by atoms with Crippen LogP contribution in [0, 0.1) is 10.1 Å². The van der Waals surface area contributed by atoms with Gasteiger partial charge in [-0.15, -0.1) is 5.10 Å². The normalized spacial score (nSPS) is 10.5. The minimum absolute atomic E-state index is 0.111. The third kappa shape index (κ3) is 2.90. The number of carbonyl (C=O) groups is 1. The Hall–Kier alpha value is -3.56. The van der Waals surface area contributed by atoms with Crippen molar-refractivity contribution in [1.82, 2.24) is 20.0 Å². The maximum Gasteiger partial charge on any atom is 0.322 e. The van der Waals surface area contributed by atoms with Crippen LogP contribution in [0.25, 0.3) is 11.6 Å². The number of rotatable bonds is 4. The summed E-state index contributed by atoms with van der Waals surface area (Å²) in [6.07, 6.45) is 1.57. The smallest absolute Gasteiger partial charge is 0.322 e. The molecule has 0 spiro atoms. The van der Waals surface area contributed by atoms with E-state index in [-0.39, 0.29) is 23.2 Å². The predicted molar refractivity (Wildman–Crippen MR) is 77.5 cm³/mol. The summed E-state index contributed by atoms with van der Waals surface area (Å²) in [7, 11) is 1.71. The van der Waals surface area contributed by atoms with Crippen LogP contribution in [0.1, 0.15) is 10.4 Å². The molecule has 1 amide bonds. The van der Waals surface area contributed by atoms with Gasteiger partial charge in [0.05, 0.1) is 4.92 Å². The lowest BCUT2D eigenvalue weighted by Gasteiger charge is -2.00. The molecule has 10 nitrogen and oxygen atoms in total. The van der Waals surface area contributed by atoms with Crippen molar-refractivity contribution in [2.75, 3.05) is 5.32 Å². The van der Waals surface area contributed by atoms with Gasteiger partial charge in [0.15, 0.2) is 0 Å². The first kappa shape index (κ1) is 14.4. The maximum absolute atomic E-state index is 12.1.